The van der Waals surface area contributed by atoms with E-state index in [0.717, 1.165) is 16.9 Å². The van der Waals surface area contributed by atoms with Crippen molar-refractivity contribution in [3.05, 3.63) is 41.9 Å². The van der Waals surface area contributed by atoms with Crippen LogP contribution >= 0.6 is 0 Å². The van der Waals surface area contributed by atoms with Crippen molar-refractivity contribution in [2.24, 2.45) is 0 Å². The van der Waals surface area contributed by atoms with E-state index in [1.54, 1.807) is 12.4 Å². The molecule has 0 unspecified atom stereocenters. The first kappa shape index (κ1) is 14.1. The van der Waals surface area contributed by atoms with Crippen LogP contribution < -0.4 is 14.8 Å². The van der Waals surface area contributed by atoms with Gasteiger partial charge in [-0.25, -0.2) is 4.98 Å². The Kier molecular flexibility index (Phi) is 4.76. The van der Waals surface area contributed by atoms with Crippen molar-refractivity contribution >= 4 is 5.69 Å². The fraction of sp³-hybridized carbons (Fsp3) is 0.333. The highest BCUT2D eigenvalue weighted by atomic mass is 16.5. The van der Waals surface area contributed by atoms with Gasteiger partial charge in [0.15, 0.2) is 5.75 Å². The van der Waals surface area contributed by atoms with Crippen molar-refractivity contribution in [2.45, 2.75) is 20.5 Å². The maximum Gasteiger partial charge on any atom is 0.257 e. The third-order valence-corrected chi connectivity index (χ3v) is 2.75. The van der Waals surface area contributed by atoms with Gasteiger partial charge >= 0.3 is 0 Å². The van der Waals surface area contributed by atoms with Gasteiger partial charge in [-0.05, 0) is 19.9 Å². The summed E-state index contributed by atoms with van der Waals surface area (Å²) in [6.45, 7) is 4.87. The van der Waals surface area contributed by atoms with Crippen LogP contribution in [0.1, 0.15) is 18.2 Å². The van der Waals surface area contributed by atoms with Crippen molar-refractivity contribution in [3.63, 3.8) is 0 Å². The zero-order chi connectivity index (χ0) is 14.4. The van der Waals surface area contributed by atoms with Gasteiger partial charge in [0.2, 0.25) is 0 Å². The minimum atomic E-state index is 0.416. The highest BCUT2D eigenvalue weighted by Gasteiger charge is 2.08. The lowest BCUT2D eigenvalue weighted by Gasteiger charge is -2.12. The molecule has 106 valence electrons. The van der Waals surface area contributed by atoms with Crippen LogP contribution in [0.3, 0.4) is 0 Å². The molecule has 0 amide bonds. The number of nitrogens with zero attached hydrogens (tertiary/aromatic N) is 2. The van der Waals surface area contributed by atoms with E-state index in [-0.39, 0.29) is 0 Å². The lowest BCUT2D eigenvalue weighted by Crippen LogP contribution is -2.03. The third kappa shape index (κ3) is 3.60. The van der Waals surface area contributed by atoms with Crippen molar-refractivity contribution < 1.29 is 9.47 Å². The van der Waals surface area contributed by atoms with Gasteiger partial charge in [-0.3, -0.25) is 4.98 Å². The fourth-order valence-corrected chi connectivity index (χ4v) is 1.67. The second-order valence-electron chi connectivity index (χ2n) is 4.31. The quantitative estimate of drug-likeness (QED) is 0.877. The SMILES string of the molecule is CCOc1cc(NC)cnc1OCc1ccc(C)nc1. The monoisotopic (exact) mass is 273 g/mol. The highest BCUT2D eigenvalue weighted by molar-refractivity contribution is 5.49. The molecule has 5 heteroatoms. The van der Waals surface area contributed by atoms with Crippen LogP contribution in [-0.2, 0) is 6.61 Å². The number of hydrogen-bond acceptors (Lipinski definition) is 5. The standard InChI is InChI=1S/C15H19N3O2/c1-4-19-14-7-13(16-3)9-18-15(14)20-10-12-6-5-11(2)17-8-12/h5-9,16H,4,10H2,1-3H3. The number of anilines is 1. The lowest BCUT2D eigenvalue weighted by molar-refractivity contribution is 0.259. The van der Waals surface area contributed by atoms with E-state index in [1.807, 2.05) is 39.1 Å². The Morgan fingerprint density at radius 3 is 2.65 bits per heavy atom. The van der Waals surface area contributed by atoms with E-state index in [9.17, 15) is 0 Å². The maximum absolute atomic E-state index is 5.71. The van der Waals surface area contributed by atoms with Crippen molar-refractivity contribution in [1.29, 1.82) is 0 Å². The summed E-state index contributed by atoms with van der Waals surface area (Å²) in [5.74, 6) is 1.13. The molecule has 0 bridgehead atoms. The predicted molar refractivity (Wildman–Crippen MR) is 78.3 cm³/mol. The van der Waals surface area contributed by atoms with E-state index >= 15 is 0 Å². The number of aryl methyl sites for hydroxylation is 1. The number of pyridine rings is 2. The smallest absolute Gasteiger partial charge is 0.257 e. The minimum Gasteiger partial charge on any atom is -0.488 e. The summed E-state index contributed by atoms with van der Waals surface area (Å²) < 4.78 is 11.3. The first-order valence-electron chi connectivity index (χ1n) is 6.58. The Balaban J connectivity index is 2.09. The molecule has 1 N–H and O–H groups in total. The molecule has 0 saturated carbocycles. The van der Waals surface area contributed by atoms with Gasteiger partial charge < -0.3 is 14.8 Å². The van der Waals surface area contributed by atoms with E-state index < -0.39 is 0 Å². The van der Waals surface area contributed by atoms with E-state index in [1.165, 1.54) is 0 Å². The van der Waals surface area contributed by atoms with Crippen LogP contribution in [0.2, 0.25) is 0 Å². The molecule has 20 heavy (non-hydrogen) atoms. The molecule has 0 radical (unpaired) electrons. The van der Waals surface area contributed by atoms with Crippen molar-refractivity contribution in [2.75, 3.05) is 19.0 Å². The highest BCUT2D eigenvalue weighted by Crippen LogP contribution is 2.28. The molecule has 2 aromatic rings. The topological polar surface area (TPSA) is 56.3 Å². The van der Waals surface area contributed by atoms with E-state index in [0.29, 0.717) is 24.8 Å². The van der Waals surface area contributed by atoms with Crippen LogP contribution in [0.4, 0.5) is 5.69 Å². The molecule has 0 aliphatic rings. The Morgan fingerprint density at radius 2 is 2.00 bits per heavy atom. The Labute approximate surface area is 119 Å². The average molecular weight is 273 g/mol. The molecule has 2 aromatic heterocycles. The van der Waals surface area contributed by atoms with E-state index in [4.69, 9.17) is 9.47 Å². The van der Waals surface area contributed by atoms with Gasteiger partial charge in [-0.2, -0.15) is 0 Å². The first-order chi connectivity index (χ1) is 9.72. The summed E-state index contributed by atoms with van der Waals surface area (Å²) in [6, 6.07) is 5.82. The van der Waals surface area contributed by atoms with Crippen LogP contribution in [-0.4, -0.2) is 23.6 Å². The van der Waals surface area contributed by atoms with Crippen LogP contribution in [0.5, 0.6) is 11.6 Å². The molecule has 0 aliphatic carbocycles. The number of aromatic nitrogens is 2. The average Bonchev–Trinajstić information content (AvgIpc) is 2.48. The second-order valence-corrected chi connectivity index (χ2v) is 4.31. The Morgan fingerprint density at radius 1 is 1.15 bits per heavy atom. The first-order valence-corrected chi connectivity index (χ1v) is 6.58. The van der Waals surface area contributed by atoms with E-state index in [2.05, 4.69) is 15.3 Å². The molecule has 2 rings (SSSR count). The fourth-order valence-electron chi connectivity index (χ4n) is 1.67. The largest absolute Gasteiger partial charge is 0.488 e. The van der Waals surface area contributed by atoms with Crippen LogP contribution in [0.25, 0.3) is 0 Å². The zero-order valence-corrected chi connectivity index (χ0v) is 12.0. The second kappa shape index (κ2) is 6.75. The zero-order valence-electron chi connectivity index (χ0n) is 12.0. The third-order valence-electron chi connectivity index (χ3n) is 2.75. The normalized spacial score (nSPS) is 10.2. The molecular formula is C15H19N3O2. The molecule has 0 atom stereocenters. The molecule has 0 aromatic carbocycles. The van der Waals surface area contributed by atoms with Gasteiger partial charge in [0.05, 0.1) is 18.5 Å². The summed E-state index contributed by atoms with van der Waals surface area (Å²) in [5, 5.41) is 3.02. The summed E-state index contributed by atoms with van der Waals surface area (Å²) in [7, 11) is 1.84. The number of ether oxygens (including phenoxy) is 2. The Hall–Kier alpha value is -2.30. The van der Waals surface area contributed by atoms with Gasteiger partial charge in [-0.1, -0.05) is 6.07 Å². The minimum absolute atomic E-state index is 0.416. The van der Waals surface area contributed by atoms with Crippen LogP contribution in [0.15, 0.2) is 30.6 Å². The molecule has 5 nitrogen and oxygen atoms in total. The summed E-state index contributed by atoms with van der Waals surface area (Å²) in [4.78, 5) is 8.51. The number of hydrogen-bond donors (Lipinski definition) is 1. The molecule has 0 saturated heterocycles. The molecular weight excluding hydrogens is 254 g/mol. The summed E-state index contributed by atoms with van der Waals surface area (Å²) in [5.41, 5.74) is 2.87. The van der Waals surface area contributed by atoms with Crippen molar-refractivity contribution in [3.8, 4) is 11.6 Å². The lowest BCUT2D eigenvalue weighted by atomic mass is 10.3. The molecule has 0 aliphatic heterocycles. The summed E-state index contributed by atoms with van der Waals surface area (Å²) in [6.07, 6.45) is 3.52. The molecule has 0 fully saturated rings. The number of rotatable bonds is 6. The predicted octanol–water partition coefficient (Wildman–Crippen LogP) is 2.80. The maximum atomic E-state index is 5.71. The summed E-state index contributed by atoms with van der Waals surface area (Å²) >= 11 is 0. The van der Waals surface area contributed by atoms with Crippen molar-refractivity contribution in [1.82, 2.24) is 9.97 Å². The van der Waals surface area contributed by atoms with Crippen LogP contribution in [0, 0.1) is 6.92 Å². The molecule has 2 heterocycles. The van der Waals surface area contributed by atoms with Gasteiger partial charge in [0, 0.05) is 30.6 Å². The van der Waals surface area contributed by atoms with Gasteiger partial charge in [-0.15, -0.1) is 0 Å². The van der Waals surface area contributed by atoms with Gasteiger partial charge in [0.1, 0.15) is 6.61 Å². The Bertz CT molecular complexity index is 556. The molecule has 0 spiro atoms. The van der Waals surface area contributed by atoms with Gasteiger partial charge in [0.25, 0.3) is 5.88 Å². The number of nitrogens with one attached hydrogen (secondary N) is 1.